The Morgan fingerprint density at radius 3 is 2.46 bits per heavy atom. The highest BCUT2D eigenvalue weighted by Crippen LogP contribution is 2.32. The quantitative estimate of drug-likeness (QED) is 0.682. The number of likely N-dealkylation sites (N-methyl/N-ethyl adjacent to an activating group) is 1. The average molecular weight is 184 g/mol. The van der Waals surface area contributed by atoms with E-state index in [4.69, 9.17) is 5.73 Å². The minimum absolute atomic E-state index is 0.233. The van der Waals surface area contributed by atoms with Gasteiger partial charge in [-0.2, -0.15) is 0 Å². The van der Waals surface area contributed by atoms with Gasteiger partial charge in [0.05, 0.1) is 0 Å². The van der Waals surface area contributed by atoms with E-state index in [9.17, 15) is 0 Å². The zero-order valence-electron chi connectivity index (χ0n) is 9.34. The Bertz CT molecular complexity index is 154. The number of hydrogen-bond acceptors (Lipinski definition) is 2. The van der Waals surface area contributed by atoms with Crippen LogP contribution < -0.4 is 5.73 Å². The molecule has 2 heteroatoms. The van der Waals surface area contributed by atoms with Crippen LogP contribution in [0.4, 0.5) is 0 Å². The van der Waals surface area contributed by atoms with Crippen LogP contribution in [0.2, 0.25) is 0 Å². The lowest BCUT2D eigenvalue weighted by molar-refractivity contribution is 0.127. The predicted molar refractivity (Wildman–Crippen MR) is 57.7 cm³/mol. The first-order valence-corrected chi connectivity index (χ1v) is 5.53. The van der Waals surface area contributed by atoms with Crippen LogP contribution in [0.15, 0.2) is 0 Å². The molecule has 0 aromatic heterocycles. The van der Waals surface area contributed by atoms with Crippen molar-refractivity contribution >= 4 is 0 Å². The fourth-order valence-electron chi connectivity index (χ4n) is 1.90. The molecule has 1 fully saturated rings. The lowest BCUT2D eigenvalue weighted by Gasteiger charge is -2.38. The largest absolute Gasteiger partial charge is 0.329 e. The summed E-state index contributed by atoms with van der Waals surface area (Å²) in [4.78, 5) is 2.47. The maximum Gasteiger partial charge on any atom is 0.0300 e. The fraction of sp³-hybridized carbons (Fsp3) is 1.00. The van der Waals surface area contributed by atoms with Crippen molar-refractivity contribution in [3.8, 4) is 0 Å². The number of hydrogen-bond donors (Lipinski definition) is 1. The maximum atomic E-state index is 5.85. The molecule has 2 N–H and O–H groups in total. The van der Waals surface area contributed by atoms with E-state index in [1.165, 1.54) is 32.2 Å². The third-order valence-electron chi connectivity index (χ3n) is 3.38. The first-order chi connectivity index (χ1) is 6.12. The molecule has 1 saturated carbocycles. The molecule has 0 heterocycles. The van der Waals surface area contributed by atoms with E-state index in [1.807, 2.05) is 0 Å². The van der Waals surface area contributed by atoms with Crippen molar-refractivity contribution in [3.05, 3.63) is 0 Å². The van der Waals surface area contributed by atoms with Crippen molar-refractivity contribution < 1.29 is 0 Å². The van der Waals surface area contributed by atoms with Crippen molar-refractivity contribution in [3.63, 3.8) is 0 Å². The van der Waals surface area contributed by atoms with Gasteiger partial charge in [-0.1, -0.05) is 13.3 Å². The molecule has 78 valence electrons. The Hall–Kier alpha value is -0.0800. The molecule has 0 amide bonds. The van der Waals surface area contributed by atoms with Crippen molar-refractivity contribution in [1.29, 1.82) is 0 Å². The van der Waals surface area contributed by atoms with Crippen LogP contribution >= 0.6 is 0 Å². The number of nitrogens with zero attached hydrogens (tertiary/aromatic N) is 1. The zero-order chi connectivity index (χ0) is 9.90. The molecule has 0 radical (unpaired) electrons. The van der Waals surface area contributed by atoms with Crippen LogP contribution in [0.3, 0.4) is 0 Å². The zero-order valence-corrected chi connectivity index (χ0v) is 9.34. The highest BCUT2D eigenvalue weighted by atomic mass is 15.2. The van der Waals surface area contributed by atoms with Crippen molar-refractivity contribution in [1.82, 2.24) is 4.90 Å². The van der Waals surface area contributed by atoms with Crippen molar-refractivity contribution in [2.75, 3.05) is 20.1 Å². The molecular formula is C11H24N2. The van der Waals surface area contributed by atoms with E-state index in [2.05, 4.69) is 25.8 Å². The second-order valence-corrected chi connectivity index (χ2v) is 4.77. The summed E-state index contributed by atoms with van der Waals surface area (Å²) in [5, 5.41) is 0. The molecule has 0 bridgehead atoms. The number of nitrogens with two attached hydrogens (primary N) is 1. The molecule has 0 saturated heterocycles. The predicted octanol–water partition coefficient (Wildman–Crippen LogP) is 1.85. The normalized spacial score (nSPS) is 21.9. The molecule has 1 unspecified atom stereocenters. The molecular weight excluding hydrogens is 160 g/mol. The molecule has 0 aromatic carbocycles. The van der Waals surface area contributed by atoms with E-state index in [-0.39, 0.29) is 5.54 Å². The van der Waals surface area contributed by atoms with Gasteiger partial charge in [-0.25, -0.2) is 0 Å². The minimum atomic E-state index is 0.233. The van der Waals surface area contributed by atoms with Crippen LogP contribution in [0.25, 0.3) is 0 Å². The van der Waals surface area contributed by atoms with E-state index in [0.717, 1.165) is 12.5 Å². The molecule has 2 nitrogen and oxygen atoms in total. The van der Waals surface area contributed by atoms with Crippen LogP contribution in [0.5, 0.6) is 0 Å². The van der Waals surface area contributed by atoms with E-state index >= 15 is 0 Å². The first-order valence-electron chi connectivity index (χ1n) is 5.53. The van der Waals surface area contributed by atoms with Gasteiger partial charge in [0, 0.05) is 18.6 Å². The topological polar surface area (TPSA) is 29.3 Å². The average Bonchev–Trinajstić information content (AvgIpc) is 2.88. The molecule has 0 spiro atoms. The summed E-state index contributed by atoms with van der Waals surface area (Å²) in [5.74, 6) is 0.965. The Kier molecular flexibility index (Phi) is 3.74. The lowest BCUT2D eigenvalue weighted by atomic mass is 9.94. The summed E-state index contributed by atoms with van der Waals surface area (Å²) in [6, 6.07) is 0. The van der Waals surface area contributed by atoms with Gasteiger partial charge in [-0.3, -0.25) is 4.90 Å². The van der Waals surface area contributed by atoms with E-state index in [1.54, 1.807) is 0 Å². The third kappa shape index (κ3) is 2.96. The molecule has 0 aromatic rings. The van der Waals surface area contributed by atoms with Gasteiger partial charge in [0.2, 0.25) is 0 Å². The van der Waals surface area contributed by atoms with Gasteiger partial charge in [-0.05, 0) is 39.2 Å². The summed E-state index contributed by atoms with van der Waals surface area (Å²) < 4.78 is 0. The van der Waals surface area contributed by atoms with Gasteiger partial charge in [0.15, 0.2) is 0 Å². The molecule has 1 aliphatic carbocycles. The van der Waals surface area contributed by atoms with E-state index < -0.39 is 0 Å². The van der Waals surface area contributed by atoms with Crippen molar-refractivity contribution in [2.24, 2.45) is 11.7 Å². The summed E-state index contributed by atoms with van der Waals surface area (Å²) in [6.45, 7) is 6.55. The van der Waals surface area contributed by atoms with Crippen LogP contribution in [0.1, 0.15) is 39.5 Å². The maximum absolute atomic E-state index is 5.85. The summed E-state index contributed by atoms with van der Waals surface area (Å²) in [5.41, 5.74) is 6.08. The second kappa shape index (κ2) is 4.43. The Labute approximate surface area is 82.5 Å². The monoisotopic (exact) mass is 184 g/mol. The third-order valence-corrected chi connectivity index (χ3v) is 3.38. The highest BCUT2D eigenvalue weighted by Gasteiger charge is 2.31. The molecule has 1 rings (SSSR count). The smallest absolute Gasteiger partial charge is 0.0300 e. The van der Waals surface area contributed by atoms with Crippen LogP contribution in [-0.4, -0.2) is 30.6 Å². The van der Waals surface area contributed by atoms with Gasteiger partial charge in [-0.15, -0.1) is 0 Å². The molecule has 0 aliphatic heterocycles. The standard InChI is InChI=1S/C11H24N2/c1-4-7-11(2,9-12)13(3)8-10-5-6-10/h10H,4-9,12H2,1-3H3. The summed E-state index contributed by atoms with van der Waals surface area (Å²) in [7, 11) is 2.22. The van der Waals surface area contributed by atoms with Gasteiger partial charge in [0.25, 0.3) is 0 Å². The van der Waals surface area contributed by atoms with Crippen LogP contribution in [-0.2, 0) is 0 Å². The molecule has 13 heavy (non-hydrogen) atoms. The van der Waals surface area contributed by atoms with Gasteiger partial charge < -0.3 is 5.73 Å². The highest BCUT2D eigenvalue weighted by molar-refractivity contribution is 4.88. The fourth-order valence-corrected chi connectivity index (χ4v) is 1.90. The molecule has 1 aliphatic rings. The first kappa shape index (κ1) is 11.0. The molecule has 1 atom stereocenters. The van der Waals surface area contributed by atoms with E-state index in [0.29, 0.717) is 0 Å². The van der Waals surface area contributed by atoms with Crippen molar-refractivity contribution in [2.45, 2.75) is 45.1 Å². The Morgan fingerprint density at radius 1 is 1.46 bits per heavy atom. The lowest BCUT2D eigenvalue weighted by Crippen LogP contribution is -2.50. The van der Waals surface area contributed by atoms with Gasteiger partial charge >= 0.3 is 0 Å². The Morgan fingerprint density at radius 2 is 2.08 bits per heavy atom. The Balaban J connectivity index is 2.40. The SMILES string of the molecule is CCCC(C)(CN)N(C)CC1CC1. The number of rotatable bonds is 6. The minimum Gasteiger partial charge on any atom is -0.329 e. The summed E-state index contributed by atoms with van der Waals surface area (Å²) >= 11 is 0. The summed E-state index contributed by atoms with van der Waals surface area (Å²) in [6.07, 6.45) is 5.30. The van der Waals surface area contributed by atoms with Crippen LogP contribution in [0, 0.1) is 5.92 Å². The van der Waals surface area contributed by atoms with Gasteiger partial charge in [0.1, 0.15) is 0 Å². The second-order valence-electron chi connectivity index (χ2n) is 4.77.